The Kier molecular flexibility index (Phi) is 21.6. The summed E-state index contributed by atoms with van der Waals surface area (Å²) in [6.45, 7) is 8.86. The maximum absolute atomic E-state index is 4.27. The molecule has 0 aromatic heterocycles. The third kappa shape index (κ3) is 21.7. The van der Waals surface area contributed by atoms with Crippen LogP contribution in [0.2, 0.25) is 0 Å². The number of allylic oxidation sites excluding steroid dienone is 1. The topological polar surface area (TPSA) is 0 Å². The predicted octanol–water partition coefficient (Wildman–Crippen LogP) is 9.77. The molecule has 0 fully saturated rings. The first-order chi connectivity index (χ1) is 12.3. The first kappa shape index (κ1) is 24.7. The van der Waals surface area contributed by atoms with Crippen LogP contribution in [0.5, 0.6) is 0 Å². The van der Waals surface area contributed by atoms with Crippen LogP contribution in [-0.4, -0.2) is 0 Å². The van der Waals surface area contributed by atoms with E-state index in [0.717, 1.165) is 0 Å². The summed E-state index contributed by atoms with van der Waals surface area (Å²) in [4.78, 5) is 0. The zero-order valence-electron chi connectivity index (χ0n) is 18.1. The summed E-state index contributed by atoms with van der Waals surface area (Å²) < 4.78 is 0. The number of hydrogen-bond donors (Lipinski definition) is 0. The first-order valence-corrected chi connectivity index (χ1v) is 12.0. The molecule has 25 heavy (non-hydrogen) atoms. The van der Waals surface area contributed by atoms with Crippen LogP contribution in [0.25, 0.3) is 0 Å². The Labute approximate surface area is 161 Å². The summed E-state index contributed by atoms with van der Waals surface area (Å²) in [7, 11) is 0. The van der Waals surface area contributed by atoms with Crippen LogP contribution in [0, 0.1) is 0 Å². The Hall–Kier alpha value is -0.260. The van der Waals surface area contributed by atoms with Gasteiger partial charge in [-0.3, -0.25) is 0 Å². The van der Waals surface area contributed by atoms with E-state index in [0.29, 0.717) is 0 Å². The maximum atomic E-state index is 4.27. The average molecular weight is 351 g/mol. The standard InChI is InChI=1S/C25H50/c1-4-6-8-10-11-12-13-14-15-16-17-18-20-22-24-25(3)23-21-19-9-7-5-2/h3-24H2,1-2H3. The molecule has 0 aromatic carbocycles. The minimum absolute atomic E-state index is 1.28. The van der Waals surface area contributed by atoms with Crippen molar-refractivity contribution in [3.05, 3.63) is 12.2 Å². The van der Waals surface area contributed by atoms with Crippen LogP contribution < -0.4 is 0 Å². The molecule has 0 amide bonds. The molecule has 0 aliphatic heterocycles. The van der Waals surface area contributed by atoms with Crippen molar-refractivity contribution in [3.63, 3.8) is 0 Å². The molecule has 0 spiro atoms. The second-order valence-corrected chi connectivity index (χ2v) is 8.26. The fourth-order valence-corrected chi connectivity index (χ4v) is 3.67. The zero-order valence-corrected chi connectivity index (χ0v) is 18.1. The fourth-order valence-electron chi connectivity index (χ4n) is 3.67. The van der Waals surface area contributed by atoms with Crippen molar-refractivity contribution < 1.29 is 0 Å². The highest BCUT2D eigenvalue weighted by Gasteiger charge is 1.97. The van der Waals surface area contributed by atoms with Crippen molar-refractivity contribution in [1.29, 1.82) is 0 Å². The molecule has 0 aromatic rings. The van der Waals surface area contributed by atoms with E-state index in [2.05, 4.69) is 20.4 Å². The third-order valence-electron chi connectivity index (χ3n) is 5.52. The van der Waals surface area contributed by atoms with Crippen LogP contribution in [-0.2, 0) is 0 Å². The Morgan fingerprint density at radius 2 is 0.640 bits per heavy atom. The summed E-state index contributed by atoms with van der Waals surface area (Å²) in [6, 6.07) is 0. The van der Waals surface area contributed by atoms with Gasteiger partial charge in [0.05, 0.1) is 0 Å². The third-order valence-corrected chi connectivity index (χ3v) is 5.52. The molecule has 0 saturated heterocycles. The van der Waals surface area contributed by atoms with Gasteiger partial charge in [0.2, 0.25) is 0 Å². The summed E-state index contributed by atoms with van der Waals surface area (Å²) in [5, 5.41) is 0. The number of unbranched alkanes of at least 4 members (excludes halogenated alkanes) is 17. The van der Waals surface area contributed by atoms with Gasteiger partial charge in [0.25, 0.3) is 0 Å². The molecule has 0 rings (SSSR count). The largest absolute Gasteiger partial charge is 0.0999 e. The van der Waals surface area contributed by atoms with Gasteiger partial charge >= 0.3 is 0 Å². The van der Waals surface area contributed by atoms with E-state index in [1.165, 1.54) is 140 Å². The fraction of sp³-hybridized carbons (Fsp3) is 0.920. The first-order valence-electron chi connectivity index (χ1n) is 12.0. The summed E-state index contributed by atoms with van der Waals surface area (Å²) in [5.41, 5.74) is 1.51. The Morgan fingerprint density at radius 3 is 0.920 bits per heavy atom. The lowest BCUT2D eigenvalue weighted by molar-refractivity contribution is 0.534. The normalized spacial score (nSPS) is 11.1. The molecule has 0 atom stereocenters. The van der Waals surface area contributed by atoms with Gasteiger partial charge in [0.15, 0.2) is 0 Å². The minimum atomic E-state index is 1.28. The lowest BCUT2D eigenvalue weighted by Gasteiger charge is -2.06. The highest BCUT2D eigenvalue weighted by atomic mass is 14.0. The van der Waals surface area contributed by atoms with Crippen LogP contribution in [0.4, 0.5) is 0 Å². The molecule has 0 unspecified atom stereocenters. The van der Waals surface area contributed by atoms with Crippen molar-refractivity contribution >= 4 is 0 Å². The van der Waals surface area contributed by atoms with E-state index in [1.54, 1.807) is 0 Å². The smallest absolute Gasteiger partial charge is 0.0323 e. The van der Waals surface area contributed by atoms with E-state index < -0.39 is 0 Å². The molecule has 0 aliphatic carbocycles. The van der Waals surface area contributed by atoms with Crippen LogP contribution in [0.3, 0.4) is 0 Å². The summed E-state index contributed by atoms with van der Waals surface area (Å²) in [5.74, 6) is 0. The zero-order chi connectivity index (χ0) is 18.4. The van der Waals surface area contributed by atoms with Crippen molar-refractivity contribution in [3.8, 4) is 0 Å². The molecule has 0 saturated carbocycles. The molecule has 0 nitrogen and oxygen atoms in total. The van der Waals surface area contributed by atoms with Gasteiger partial charge in [-0.05, 0) is 25.7 Å². The van der Waals surface area contributed by atoms with Gasteiger partial charge in [-0.25, -0.2) is 0 Å². The van der Waals surface area contributed by atoms with E-state index in [1.807, 2.05) is 0 Å². The molecular formula is C25H50. The summed E-state index contributed by atoms with van der Waals surface area (Å²) in [6.07, 6.45) is 29.8. The van der Waals surface area contributed by atoms with Gasteiger partial charge in [-0.2, -0.15) is 0 Å². The monoisotopic (exact) mass is 350 g/mol. The molecular weight excluding hydrogens is 300 g/mol. The van der Waals surface area contributed by atoms with E-state index in [-0.39, 0.29) is 0 Å². The second kappa shape index (κ2) is 21.8. The molecule has 0 radical (unpaired) electrons. The van der Waals surface area contributed by atoms with Gasteiger partial charge in [0.1, 0.15) is 0 Å². The van der Waals surface area contributed by atoms with Gasteiger partial charge in [0, 0.05) is 0 Å². The van der Waals surface area contributed by atoms with E-state index in [4.69, 9.17) is 0 Å². The predicted molar refractivity (Wildman–Crippen MR) is 117 cm³/mol. The molecule has 0 aliphatic rings. The van der Waals surface area contributed by atoms with Crippen molar-refractivity contribution in [2.24, 2.45) is 0 Å². The maximum Gasteiger partial charge on any atom is -0.0323 e. The molecule has 0 heteroatoms. The van der Waals surface area contributed by atoms with E-state index >= 15 is 0 Å². The van der Waals surface area contributed by atoms with Gasteiger partial charge in [-0.15, -0.1) is 0 Å². The van der Waals surface area contributed by atoms with Crippen molar-refractivity contribution in [2.75, 3.05) is 0 Å². The molecule has 0 heterocycles. The van der Waals surface area contributed by atoms with Crippen LogP contribution >= 0.6 is 0 Å². The highest BCUT2D eigenvalue weighted by Crippen LogP contribution is 2.17. The Bertz CT molecular complexity index is 253. The van der Waals surface area contributed by atoms with Gasteiger partial charge in [-0.1, -0.05) is 135 Å². The lowest BCUT2D eigenvalue weighted by Crippen LogP contribution is -1.86. The highest BCUT2D eigenvalue weighted by molar-refractivity contribution is 4.93. The van der Waals surface area contributed by atoms with Crippen LogP contribution in [0.1, 0.15) is 149 Å². The summed E-state index contributed by atoms with van der Waals surface area (Å²) >= 11 is 0. The second-order valence-electron chi connectivity index (χ2n) is 8.26. The van der Waals surface area contributed by atoms with E-state index in [9.17, 15) is 0 Å². The minimum Gasteiger partial charge on any atom is -0.0999 e. The lowest BCUT2D eigenvalue weighted by atomic mass is 10.0. The Morgan fingerprint density at radius 1 is 0.400 bits per heavy atom. The Balaban J connectivity index is 3.09. The van der Waals surface area contributed by atoms with Crippen molar-refractivity contribution in [1.82, 2.24) is 0 Å². The molecule has 150 valence electrons. The molecule has 0 N–H and O–H groups in total. The number of hydrogen-bond acceptors (Lipinski definition) is 0. The molecule has 0 bridgehead atoms. The van der Waals surface area contributed by atoms with Crippen LogP contribution in [0.15, 0.2) is 12.2 Å². The average Bonchev–Trinajstić information content (AvgIpc) is 2.62. The van der Waals surface area contributed by atoms with Gasteiger partial charge < -0.3 is 0 Å². The number of rotatable bonds is 21. The SMILES string of the molecule is C=C(CCCCCCC)CCCCCCCCCCCCCCCC. The van der Waals surface area contributed by atoms with Crippen molar-refractivity contribution in [2.45, 2.75) is 149 Å². The quantitative estimate of drug-likeness (QED) is 0.143.